The van der Waals surface area contributed by atoms with E-state index in [0.717, 1.165) is 29.5 Å². The van der Waals surface area contributed by atoms with Crippen LogP contribution in [0.3, 0.4) is 0 Å². The van der Waals surface area contributed by atoms with Gasteiger partial charge in [-0.2, -0.15) is 0 Å². The molecule has 0 saturated carbocycles. The lowest BCUT2D eigenvalue weighted by atomic mass is 10.2. The molecule has 1 atom stereocenters. The summed E-state index contributed by atoms with van der Waals surface area (Å²) in [5.74, 6) is 0. The molecule has 5 heteroatoms. The van der Waals surface area contributed by atoms with E-state index in [1.165, 1.54) is 11.3 Å². The first-order valence-electron chi connectivity index (χ1n) is 8.11. The highest BCUT2D eigenvalue weighted by molar-refractivity contribution is 9.10. The van der Waals surface area contributed by atoms with Crippen molar-refractivity contribution in [1.29, 1.82) is 0 Å². The van der Waals surface area contributed by atoms with Gasteiger partial charge in [0.05, 0.1) is 6.04 Å². The fraction of sp³-hybridized carbons (Fsp3) is 0.316. The zero-order chi connectivity index (χ0) is 16.9. The van der Waals surface area contributed by atoms with Gasteiger partial charge in [0, 0.05) is 23.2 Å². The third-order valence-corrected chi connectivity index (χ3v) is 5.16. The Hall–Kier alpha value is -2.01. The number of carbonyl (C=O) groups excluding carboxylic acids is 1. The summed E-state index contributed by atoms with van der Waals surface area (Å²) in [4.78, 5) is 14.3. The van der Waals surface area contributed by atoms with Gasteiger partial charge < -0.3 is 15.0 Å². The van der Waals surface area contributed by atoms with Crippen LogP contribution in [0.1, 0.15) is 17.5 Å². The Kier molecular flexibility index (Phi) is 5.41. The molecule has 1 heterocycles. The van der Waals surface area contributed by atoms with Gasteiger partial charge in [0.25, 0.3) is 0 Å². The molecular formula is C19H21BrN2O2. The number of benzene rings is 2. The fourth-order valence-electron chi connectivity index (χ4n) is 2.97. The van der Waals surface area contributed by atoms with E-state index >= 15 is 0 Å². The third kappa shape index (κ3) is 4.09. The van der Waals surface area contributed by atoms with Crippen molar-refractivity contribution in [2.24, 2.45) is 0 Å². The molecule has 0 aliphatic carbocycles. The summed E-state index contributed by atoms with van der Waals surface area (Å²) in [6.07, 6.45) is 0.573. The zero-order valence-corrected chi connectivity index (χ0v) is 15.3. The molecule has 1 fully saturated rings. The van der Waals surface area contributed by atoms with Crippen LogP contribution < -0.4 is 10.2 Å². The molecule has 1 aliphatic rings. The molecule has 2 aromatic rings. The molecule has 126 valence electrons. The number of nitrogens with one attached hydrogen (secondary N) is 1. The monoisotopic (exact) mass is 388 g/mol. The van der Waals surface area contributed by atoms with E-state index in [4.69, 9.17) is 4.74 Å². The highest BCUT2D eigenvalue weighted by atomic mass is 79.9. The van der Waals surface area contributed by atoms with Crippen LogP contribution in [0.5, 0.6) is 0 Å². The van der Waals surface area contributed by atoms with Gasteiger partial charge in [-0.25, -0.2) is 4.79 Å². The lowest BCUT2D eigenvalue weighted by molar-refractivity contribution is 0.136. The second-order valence-electron chi connectivity index (χ2n) is 6.02. The number of alkyl carbamates (subject to hydrolysis) is 1. The van der Waals surface area contributed by atoms with Crippen LogP contribution in [0.15, 0.2) is 53.0 Å². The van der Waals surface area contributed by atoms with E-state index in [1.54, 1.807) is 0 Å². The molecule has 0 radical (unpaired) electrons. The van der Waals surface area contributed by atoms with Crippen LogP contribution in [0.25, 0.3) is 0 Å². The maximum absolute atomic E-state index is 12.0. The van der Waals surface area contributed by atoms with Crippen LogP contribution in [0.2, 0.25) is 0 Å². The predicted octanol–water partition coefficient (Wildman–Crippen LogP) is 4.26. The minimum atomic E-state index is -0.350. The van der Waals surface area contributed by atoms with Crippen LogP contribution in [-0.2, 0) is 11.3 Å². The van der Waals surface area contributed by atoms with Gasteiger partial charge in [0.1, 0.15) is 6.61 Å². The first-order valence-corrected chi connectivity index (χ1v) is 8.90. The maximum atomic E-state index is 12.0. The summed E-state index contributed by atoms with van der Waals surface area (Å²) >= 11 is 3.57. The molecule has 2 aromatic carbocycles. The van der Waals surface area contributed by atoms with Crippen molar-refractivity contribution < 1.29 is 9.53 Å². The molecule has 1 N–H and O–H groups in total. The molecule has 0 bridgehead atoms. The number of rotatable bonds is 4. The van der Waals surface area contributed by atoms with E-state index in [-0.39, 0.29) is 12.1 Å². The third-order valence-electron chi connectivity index (χ3n) is 4.30. The van der Waals surface area contributed by atoms with Crippen molar-refractivity contribution in [3.8, 4) is 0 Å². The molecule has 0 aromatic heterocycles. The summed E-state index contributed by atoms with van der Waals surface area (Å²) in [6.45, 7) is 4.14. The van der Waals surface area contributed by atoms with Crippen molar-refractivity contribution in [1.82, 2.24) is 5.32 Å². The molecular weight excluding hydrogens is 368 g/mol. The Morgan fingerprint density at radius 1 is 1.25 bits per heavy atom. The second-order valence-corrected chi connectivity index (χ2v) is 6.88. The Morgan fingerprint density at radius 2 is 2.04 bits per heavy atom. The smallest absolute Gasteiger partial charge is 0.407 e. The van der Waals surface area contributed by atoms with E-state index in [2.05, 4.69) is 39.1 Å². The predicted molar refractivity (Wildman–Crippen MR) is 99.3 cm³/mol. The van der Waals surface area contributed by atoms with Gasteiger partial charge in [0.15, 0.2) is 0 Å². The first-order chi connectivity index (χ1) is 11.6. The largest absolute Gasteiger partial charge is 0.445 e. The number of nitrogens with zero attached hydrogens (tertiary/aromatic N) is 1. The Bertz CT molecular complexity index is 706. The minimum Gasteiger partial charge on any atom is -0.445 e. The average Bonchev–Trinajstić information content (AvgIpc) is 3.04. The van der Waals surface area contributed by atoms with Crippen LogP contribution >= 0.6 is 15.9 Å². The number of anilines is 1. The number of amides is 1. The zero-order valence-electron chi connectivity index (χ0n) is 13.7. The van der Waals surface area contributed by atoms with Crippen molar-refractivity contribution in [2.75, 3.05) is 18.0 Å². The van der Waals surface area contributed by atoms with E-state index in [9.17, 15) is 4.79 Å². The van der Waals surface area contributed by atoms with Gasteiger partial charge in [-0.05, 0) is 36.6 Å². The van der Waals surface area contributed by atoms with Crippen LogP contribution in [0, 0.1) is 6.92 Å². The Morgan fingerprint density at radius 3 is 2.83 bits per heavy atom. The molecule has 0 spiro atoms. The molecule has 1 aliphatic heterocycles. The second kappa shape index (κ2) is 7.71. The normalized spacial score (nSPS) is 16.9. The summed E-state index contributed by atoms with van der Waals surface area (Å²) in [5.41, 5.74) is 3.43. The average molecular weight is 389 g/mol. The topological polar surface area (TPSA) is 41.6 Å². The van der Waals surface area contributed by atoms with Gasteiger partial charge in [-0.1, -0.05) is 52.3 Å². The maximum Gasteiger partial charge on any atom is 0.407 e. The van der Waals surface area contributed by atoms with E-state index < -0.39 is 0 Å². The number of halogens is 1. The number of carbonyl (C=O) groups is 1. The highest BCUT2D eigenvalue weighted by Crippen LogP contribution is 2.29. The minimum absolute atomic E-state index is 0.117. The fourth-order valence-corrected chi connectivity index (χ4v) is 3.32. The van der Waals surface area contributed by atoms with Crippen LogP contribution in [0.4, 0.5) is 10.5 Å². The molecule has 3 rings (SSSR count). The van der Waals surface area contributed by atoms with Crippen molar-refractivity contribution in [3.63, 3.8) is 0 Å². The molecule has 1 unspecified atom stereocenters. The molecule has 4 nitrogen and oxygen atoms in total. The van der Waals surface area contributed by atoms with Gasteiger partial charge >= 0.3 is 6.09 Å². The quantitative estimate of drug-likeness (QED) is 0.850. The SMILES string of the molecule is Cc1c(Br)cccc1N1CCC(NC(=O)OCc2ccccc2)C1. The number of hydrogen-bond acceptors (Lipinski definition) is 3. The molecule has 1 saturated heterocycles. The first kappa shape index (κ1) is 16.8. The summed E-state index contributed by atoms with van der Waals surface area (Å²) in [6, 6.07) is 16.0. The van der Waals surface area contributed by atoms with Gasteiger partial charge in [0.2, 0.25) is 0 Å². The number of hydrogen-bond donors (Lipinski definition) is 1. The van der Waals surface area contributed by atoms with Crippen LogP contribution in [-0.4, -0.2) is 25.2 Å². The van der Waals surface area contributed by atoms with Crippen molar-refractivity contribution in [3.05, 3.63) is 64.1 Å². The summed E-state index contributed by atoms with van der Waals surface area (Å²) in [5, 5.41) is 2.97. The highest BCUT2D eigenvalue weighted by Gasteiger charge is 2.25. The van der Waals surface area contributed by atoms with E-state index in [0.29, 0.717) is 6.61 Å². The van der Waals surface area contributed by atoms with Crippen molar-refractivity contribution in [2.45, 2.75) is 26.0 Å². The van der Waals surface area contributed by atoms with Gasteiger partial charge in [-0.15, -0.1) is 0 Å². The summed E-state index contributed by atoms with van der Waals surface area (Å²) in [7, 11) is 0. The Balaban J connectivity index is 1.51. The Labute approximate surface area is 150 Å². The van der Waals surface area contributed by atoms with E-state index in [1.807, 2.05) is 42.5 Å². The number of ether oxygens (including phenoxy) is 1. The van der Waals surface area contributed by atoms with Gasteiger partial charge in [-0.3, -0.25) is 0 Å². The summed E-state index contributed by atoms with van der Waals surface area (Å²) < 4.78 is 6.41. The lowest BCUT2D eigenvalue weighted by Gasteiger charge is -2.21. The molecule has 24 heavy (non-hydrogen) atoms. The standard InChI is InChI=1S/C19H21BrN2O2/c1-14-17(20)8-5-9-18(14)22-11-10-16(12-22)21-19(23)24-13-15-6-3-2-4-7-15/h2-9,16H,10-13H2,1H3,(H,21,23). The van der Waals surface area contributed by atoms with Crippen molar-refractivity contribution >= 4 is 27.7 Å². The molecule has 1 amide bonds. The lowest BCUT2D eigenvalue weighted by Crippen LogP contribution is -2.37.